The van der Waals surface area contributed by atoms with Crippen molar-refractivity contribution in [3.05, 3.63) is 12.7 Å². The molecule has 74 valence electrons. The Balaban J connectivity index is 3.82. The average molecular weight is 185 g/mol. The van der Waals surface area contributed by atoms with Crippen molar-refractivity contribution in [1.82, 2.24) is 4.90 Å². The molecule has 0 N–H and O–H groups in total. The maximum atomic E-state index is 11.1. The number of allylic oxidation sites excluding steroid dienone is 1. The predicted octanol–water partition coefficient (Wildman–Crippen LogP) is 0.584. The Bertz CT molecular complexity index is 201. The van der Waals surface area contributed by atoms with Crippen molar-refractivity contribution in [3.63, 3.8) is 0 Å². The van der Waals surface area contributed by atoms with Gasteiger partial charge in [0.05, 0.1) is 7.11 Å². The van der Waals surface area contributed by atoms with E-state index in [1.54, 1.807) is 13.1 Å². The van der Waals surface area contributed by atoms with Crippen LogP contribution < -0.4 is 0 Å². The highest BCUT2D eigenvalue weighted by Crippen LogP contribution is 1.94. The number of carbonyl (C=O) groups excluding carboxylic acids is 2. The minimum absolute atomic E-state index is 0.542. The Kier molecular flexibility index (Phi) is 5.59. The van der Waals surface area contributed by atoms with Crippen molar-refractivity contribution in [1.29, 1.82) is 0 Å². The predicted molar refractivity (Wildman–Crippen MR) is 49.1 cm³/mol. The van der Waals surface area contributed by atoms with Crippen LogP contribution >= 0.6 is 0 Å². The number of likely N-dealkylation sites (N-methyl/N-ethyl adjacent to an activating group) is 1. The lowest BCUT2D eigenvalue weighted by Gasteiger charge is -2.14. The summed E-state index contributed by atoms with van der Waals surface area (Å²) in [6, 6.07) is 0. The lowest BCUT2D eigenvalue weighted by atomic mass is 10.3. The highest BCUT2D eigenvalue weighted by atomic mass is 16.5. The van der Waals surface area contributed by atoms with Crippen LogP contribution in [0.2, 0.25) is 0 Å². The fraction of sp³-hybridized carbons (Fsp3) is 0.556. The first kappa shape index (κ1) is 11.7. The highest BCUT2D eigenvalue weighted by Gasteiger charge is 2.17. The number of hydrogen-bond donors (Lipinski definition) is 0. The van der Waals surface area contributed by atoms with Crippen molar-refractivity contribution < 1.29 is 14.3 Å². The van der Waals surface area contributed by atoms with E-state index in [2.05, 4.69) is 11.3 Å². The van der Waals surface area contributed by atoms with Crippen LogP contribution in [0.4, 0.5) is 0 Å². The first-order valence-electron chi connectivity index (χ1n) is 4.07. The van der Waals surface area contributed by atoms with Crippen LogP contribution in [0.15, 0.2) is 12.7 Å². The van der Waals surface area contributed by atoms with E-state index in [0.29, 0.717) is 6.54 Å². The molecule has 0 bridgehead atoms. The van der Waals surface area contributed by atoms with Crippen molar-refractivity contribution in [2.45, 2.75) is 12.8 Å². The average Bonchev–Trinajstić information content (AvgIpc) is 2.15. The number of amides is 1. The zero-order valence-corrected chi connectivity index (χ0v) is 8.08. The molecule has 0 aromatic heterocycles. The lowest BCUT2D eigenvalue weighted by Crippen LogP contribution is -2.34. The van der Waals surface area contributed by atoms with Crippen LogP contribution in [0, 0.1) is 0 Å². The van der Waals surface area contributed by atoms with Gasteiger partial charge in [0.2, 0.25) is 0 Å². The second-order valence-electron chi connectivity index (χ2n) is 2.65. The van der Waals surface area contributed by atoms with Crippen LogP contribution in [0.1, 0.15) is 12.8 Å². The highest BCUT2D eigenvalue weighted by molar-refractivity contribution is 6.32. The third-order valence-electron chi connectivity index (χ3n) is 1.61. The van der Waals surface area contributed by atoms with Crippen LogP contribution in [-0.2, 0) is 14.3 Å². The molecule has 0 aromatic carbocycles. The number of rotatable bonds is 4. The van der Waals surface area contributed by atoms with Gasteiger partial charge in [0, 0.05) is 13.6 Å². The maximum absolute atomic E-state index is 11.1. The minimum atomic E-state index is -0.818. The van der Waals surface area contributed by atoms with E-state index in [9.17, 15) is 9.59 Å². The number of ether oxygens (including phenoxy) is 1. The summed E-state index contributed by atoms with van der Waals surface area (Å²) in [6.07, 6.45) is 3.41. The van der Waals surface area contributed by atoms with E-state index in [1.165, 1.54) is 12.0 Å². The Hall–Kier alpha value is -1.32. The van der Waals surface area contributed by atoms with Gasteiger partial charge in [-0.15, -0.1) is 6.58 Å². The van der Waals surface area contributed by atoms with E-state index >= 15 is 0 Å². The Labute approximate surface area is 78.2 Å². The molecule has 0 aliphatic heterocycles. The van der Waals surface area contributed by atoms with Crippen LogP contribution in [0.3, 0.4) is 0 Å². The molecule has 0 spiro atoms. The van der Waals surface area contributed by atoms with E-state index < -0.39 is 11.9 Å². The second-order valence-corrected chi connectivity index (χ2v) is 2.65. The molecule has 0 atom stereocenters. The lowest BCUT2D eigenvalue weighted by molar-refractivity contribution is -0.157. The molecule has 0 saturated heterocycles. The van der Waals surface area contributed by atoms with E-state index in [-0.39, 0.29) is 0 Å². The number of nitrogens with zero attached hydrogens (tertiary/aromatic N) is 1. The zero-order valence-electron chi connectivity index (χ0n) is 8.08. The third-order valence-corrected chi connectivity index (χ3v) is 1.61. The molecule has 4 heteroatoms. The number of methoxy groups -OCH3 is 1. The number of esters is 1. The molecular weight excluding hydrogens is 170 g/mol. The fourth-order valence-electron chi connectivity index (χ4n) is 0.817. The smallest absolute Gasteiger partial charge is 0.396 e. The molecule has 1 amide bonds. The van der Waals surface area contributed by atoms with Gasteiger partial charge in [-0.25, -0.2) is 4.79 Å². The molecule has 0 saturated carbocycles. The monoisotopic (exact) mass is 185 g/mol. The summed E-state index contributed by atoms with van der Waals surface area (Å²) in [5.41, 5.74) is 0. The van der Waals surface area contributed by atoms with Gasteiger partial charge in [0.1, 0.15) is 0 Å². The summed E-state index contributed by atoms with van der Waals surface area (Å²) >= 11 is 0. The fourth-order valence-corrected chi connectivity index (χ4v) is 0.817. The van der Waals surface area contributed by atoms with Gasteiger partial charge in [-0.2, -0.15) is 0 Å². The Morgan fingerprint density at radius 1 is 1.54 bits per heavy atom. The summed E-state index contributed by atoms with van der Waals surface area (Å²) in [4.78, 5) is 23.2. The summed E-state index contributed by atoms with van der Waals surface area (Å²) in [5.74, 6) is -1.42. The summed E-state index contributed by atoms with van der Waals surface area (Å²) in [5, 5.41) is 0. The number of hydrogen-bond acceptors (Lipinski definition) is 3. The number of unbranched alkanes of at least 4 members (excludes halogenated alkanes) is 1. The minimum Gasteiger partial charge on any atom is -0.462 e. The topological polar surface area (TPSA) is 46.6 Å². The van der Waals surface area contributed by atoms with Gasteiger partial charge in [0.15, 0.2) is 0 Å². The first-order chi connectivity index (χ1) is 6.13. The summed E-state index contributed by atoms with van der Waals surface area (Å²) in [7, 11) is 2.76. The van der Waals surface area contributed by atoms with Crippen LogP contribution in [-0.4, -0.2) is 37.5 Å². The Morgan fingerprint density at radius 2 is 2.15 bits per heavy atom. The van der Waals surface area contributed by atoms with Crippen LogP contribution in [0.5, 0.6) is 0 Å². The molecule has 13 heavy (non-hydrogen) atoms. The van der Waals surface area contributed by atoms with E-state index in [1.807, 2.05) is 0 Å². The van der Waals surface area contributed by atoms with Gasteiger partial charge in [-0.3, -0.25) is 4.79 Å². The standard InChI is InChI=1S/C9H15NO3/c1-4-5-6-7-10(2)8(11)9(12)13-3/h4H,1,5-7H2,2-3H3. The van der Waals surface area contributed by atoms with Gasteiger partial charge in [0.25, 0.3) is 0 Å². The van der Waals surface area contributed by atoms with Gasteiger partial charge >= 0.3 is 11.9 Å². The van der Waals surface area contributed by atoms with Gasteiger partial charge < -0.3 is 9.64 Å². The quantitative estimate of drug-likeness (QED) is 0.278. The molecule has 0 rings (SSSR count). The Morgan fingerprint density at radius 3 is 2.62 bits per heavy atom. The van der Waals surface area contributed by atoms with Gasteiger partial charge in [-0.1, -0.05) is 6.08 Å². The molecule has 0 fully saturated rings. The second kappa shape index (κ2) is 6.22. The molecule has 0 heterocycles. The van der Waals surface area contributed by atoms with Crippen LogP contribution in [0.25, 0.3) is 0 Å². The molecule has 0 unspecified atom stereocenters. The van der Waals surface area contributed by atoms with Gasteiger partial charge in [-0.05, 0) is 12.8 Å². The zero-order chi connectivity index (χ0) is 10.3. The van der Waals surface area contributed by atoms with Crippen molar-refractivity contribution in [2.24, 2.45) is 0 Å². The molecule has 0 aliphatic carbocycles. The normalized spacial score (nSPS) is 9.08. The van der Waals surface area contributed by atoms with E-state index in [4.69, 9.17) is 0 Å². The summed E-state index contributed by atoms with van der Waals surface area (Å²) < 4.78 is 4.29. The maximum Gasteiger partial charge on any atom is 0.396 e. The largest absolute Gasteiger partial charge is 0.462 e. The number of carbonyl (C=O) groups is 2. The van der Waals surface area contributed by atoms with Crippen molar-refractivity contribution in [3.8, 4) is 0 Å². The third kappa shape index (κ3) is 4.30. The molecule has 0 radical (unpaired) electrons. The van der Waals surface area contributed by atoms with Crippen molar-refractivity contribution >= 4 is 11.9 Å². The molecule has 4 nitrogen and oxygen atoms in total. The summed E-state index contributed by atoms with van der Waals surface area (Å²) in [6.45, 7) is 4.10. The molecule has 0 aromatic rings. The molecular formula is C9H15NO3. The van der Waals surface area contributed by atoms with E-state index in [0.717, 1.165) is 12.8 Å². The SMILES string of the molecule is C=CCCCN(C)C(=O)C(=O)OC. The first-order valence-corrected chi connectivity index (χ1v) is 4.07. The molecule has 0 aliphatic rings. The van der Waals surface area contributed by atoms with Crippen molar-refractivity contribution in [2.75, 3.05) is 20.7 Å².